The van der Waals surface area contributed by atoms with Crippen LogP contribution >= 0.6 is 11.6 Å². The van der Waals surface area contributed by atoms with Crippen molar-refractivity contribution in [2.45, 2.75) is 18.9 Å². The molecule has 1 aliphatic heterocycles. The van der Waals surface area contributed by atoms with Crippen LogP contribution in [0.5, 0.6) is 0 Å². The van der Waals surface area contributed by atoms with E-state index in [4.69, 9.17) is 16.3 Å². The highest BCUT2D eigenvalue weighted by Crippen LogP contribution is 2.30. The molecule has 1 heterocycles. The maximum Gasteiger partial charge on any atom is 0.416 e. The molecule has 5 nitrogen and oxygen atoms in total. The molecule has 3 aromatic rings. The van der Waals surface area contributed by atoms with Crippen molar-refractivity contribution in [3.63, 3.8) is 0 Å². The number of ether oxygens (including phenoxy) is 1. The van der Waals surface area contributed by atoms with E-state index in [-0.39, 0.29) is 12.3 Å². The van der Waals surface area contributed by atoms with Crippen LogP contribution in [0.3, 0.4) is 0 Å². The molecule has 0 unspecified atom stereocenters. The second-order valence-electron chi connectivity index (χ2n) is 8.89. The smallest absolute Gasteiger partial charge is 0.368 e. The number of alkyl halides is 3. The van der Waals surface area contributed by atoms with Gasteiger partial charge in [0, 0.05) is 43.8 Å². The van der Waals surface area contributed by atoms with Gasteiger partial charge in [0.2, 0.25) is 0 Å². The van der Waals surface area contributed by atoms with E-state index in [9.17, 15) is 26.7 Å². The van der Waals surface area contributed by atoms with Crippen LogP contribution in [-0.2, 0) is 17.5 Å². The van der Waals surface area contributed by atoms with Crippen molar-refractivity contribution in [2.24, 2.45) is 0 Å². The largest absolute Gasteiger partial charge is 0.416 e. The zero-order valence-electron chi connectivity index (χ0n) is 20.1. The summed E-state index contributed by atoms with van der Waals surface area (Å²) in [6, 6.07) is 14.3. The Morgan fingerprint density at radius 1 is 0.947 bits per heavy atom. The molecule has 0 spiro atoms. The quantitative estimate of drug-likeness (QED) is 0.329. The van der Waals surface area contributed by atoms with Crippen LogP contribution in [0.1, 0.15) is 22.8 Å². The third kappa shape index (κ3) is 7.43. The third-order valence-electron chi connectivity index (χ3n) is 6.23. The first kappa shape index (κ1) is 27.8. The summed E-state index contributed by atoms with van der Waals surface area (Å²) < 4.78 is 72.0. The molecule has 38 heavy (non-hydrogen) atoms. The topological polar surface area (TPSA) is 44.8 Å². The fourth-order valence-corrected chi connectivity index (χ4v) is 4.20. The van der Waals surface area contributed by atoms with Crippen molar-refractivity contribution >= 4 is 23.3 Å². The molecule has 3 aromatic carbocycles. The number of halogens is 6. The summed E-state index contributed by atoms with van der Waals surface area (Å²) in [6.07, 6.45) is -4.81. The highest BCUT2D eigenvalue weighted by Gasteiger charge is 2.30. The number of nitrogens with one attached hydrogen (secondary N) is 1. The van der Waals surface area contributed by atoms with Crippen LogP contribution < -0.4 is 5.32 Å². The first-order valence-corrected chi connectivity index (χ1v) is 12.2. The maximum atomic E-state index is 13.9. The Morgan fingerprint density at radius 3 is 2.24 bits per heavy atom. The highest BCUT2D eigenvalue weighted by molar-refractivity contribution is 6.30. The predicted molar refractivity (Wildman–Crippen MR) is 134 cm³/mol. The lowest BCUT2D eigenvalue weighted by Gasteiger charge is -2.36. The van der Waals surface area contributed by atoms with Crippen LogP contribution in [0.2, 0.25) is 5.02 Å². The van der Waals surface area contributed by atoms with Gasteiger partial charge in [0.25, 0.3) is 0 Å². The molecule has 0 aliphatic carbocycles. The molecule has 1 fully saturated rings. The number of benzene rings is 3. The molecule has 1 saturated heterocycles. The Balaban J connectivity index is 1.36. The van der Waals surface area contributed by atoms with Gasteiger partial charge >= 0.3 is 12.2 Å². The van der Waals surface area contributed by atoms with Gasteiger partial charge < -0.3 is 15.0 Å². The lowest BCUT2D eigenvalue weighted by atomic mass is 10.1. The molecule has 0 aromatic heterocycles. The minimum atomic E-state index is -4.41. The van der Waals surface area contributed by atoms with Crippen molar-refractivity contribution in [1.29, 1.82) is 0 Å². The van der Waals surface area contributed by atoms with Gasteiger partial charge in [0.1, 0.15) is 11.6 Å². The average molecular weight is 554 g/mol. The second-order valence-corrected chi connectivity index (χ2v) is 9.32. The third-order valence-corrected chi connectivity index (χ3v) is 6.48. The molecule has 11 heteroatoms. The Kier molecular flexibility index (Phi) is 8.86. The fraction of sp³-hybridized carbons (Fsp3) is 0.296. The number of carbonyl (C=O) groups is 1. The van der Waals surface area contributed by atoms with Crippen molar-refractivity contribution in [3.8, 4) is 0 Å². The van der Waals surface area contributed by atoms with E-state index in [0.717, 1.165) is 35.9 Å². The van der Waals surface area contributed by atoms with Gasteiger partial charge in [-0.1, -0.05) is 35.9 Å². The van der Waals surface area contributed by atoms with Crippen LogP contribution in [-0.4, -0.2) is 48.6 Å². The van der Waals surface area contributed by atoms with Gasteiger partial charge in [-0.3, -0.25) is 4.90 Å². The molecule has 1 N–H and O–H groups in total. The van der Waals surface area contributed by atoms with E-state index in [1.54, 1.807) is 12.1 Å². The van der Waals surface area contributed by atoms with Crippen LogP contribution in [0, 0.1) is 11.6 Å². The molecule has 0 bridgehead atoms. The Labute approximate surface area is 221 Å². The first-order chi connectivity index (χ1) is 18.1. The summed E-state index contributed by atoms with van der Waals surface area (Å²) in [7, 11) is 0. The highest BCUT2D eigenvalue weighted by atomic mass is 35.5. The molecule has 1 aliphatic rings. The zero-order chi connectivity index (χ0) is 27.3. The van der Waals surface area contributed by atoms with Crippen molar-refractivity contribution in [3.05, 3.63) is 100 Å². The van der Waals surface area contributed by atoms with Gasteiger partial charge in [-0.05, 0) is 47.5 Å². The number of urea groups is 1. The summed E-state index contributed by atoms with van der Waals surface area (Å²) in [5, 5.41) is 2.96. The number of amides is 2. The Hall–Kier alpha value is -3.21. The average Bonchev–Trinajstić information content (AvgIpc) is 2.89. The van der Waals surface area contributed by atoms with Crippen molar-refractivity contribution < 1.29 is 31.5 Å². The first-order valence-electron chi connectivity index (χ1n) is 11.8. The lowest BCUT2D eigenvalue weighted by Crippen LogP contribution is -2.50. The summed E-state index contributed by atoms with van der Waals surface area (Å²) in [4.78, 5) is 16.2. The van der Waals surface area contributed by atoms with Gasteiger partial charge in [-0.25, -0.2) is 13.6 Å². The van der Waals surface area contributed by atoms with Gasteiger partial charge in [-0.15, -0.1) is 0 Å². The number of rotatable bonds is 7. The van der Waals surface area contributed by atoms with Crippen LogP contribution in [0.15, 0.2) is 66.7 Å². The van der Waals surface area contributed by atoms with Crippen LogP contribution in [0.4, 0.5) is 32.4 Å². The summed E-state index contributed by atoms with van der Waals surface area (Å²) >= 11 is 6.02. The number of nitrogens with zero attached hydrogens (tertiary/aromatic N) is 2. The van der Waals surface area contributed by atoms with Gasteiger partial charge in [-0.2, -0.15) is 13.2 Å². The summed E-state index contributed by atoms with van der Waals surface area (Å²) in [5.74, 6) is -1.38. The van der Waals surface area contributed by atoms with E-state index in [1.165, 1.54) is 17.0 Å². The number of piperazine rings is 1. The molecule has 2 amide bonds. The SMILES string of the molecule is O=C(Nc1cc(F)ccc1F)N1CCN(C[C@@H](OCc2ccc(C(F)(F)F)cc2)c2ccc(Cl)cc2)CC1. The molecule has 0 saturated carbocycles. The normalized spacial score (nSPS) is 15.4. The van der Waals surface area contributed by atoms with Gasteiger partial charge in [0.05, 0.1) is 24.0 Å². The van der Waals surface area contributed by atoms with Crippen molar-refractivity contribution in [2.75, 3.05) is 38.0 Å². The van der Waals surface area contributed by atoms with E-state index < -0.39 is 35.5 Å². The molecule has 1 atom stereocenters. The van der Waals surface area contributed by atoms with Crippen molar-refractivity contribution in [1.82, 2.24) is 9.80 Å². The monoisotopic (exact) mass is 553 g/mol. The molecule has 202 valence electrons. The fourth-order valence-electron chi connectivity index (χ4n) is 4.07. The molecule has 0 radical (unpaired) electrons. The van der Waals surface area contributed by atoms with E-state index in [2.05, 4.69) is 10.2 Å². The second kappa shape index (κ2) is 12.1. The minimum absolute atomic E-state index is 0.104. The number of carbonyl (C=O) groups excluding carboxylic acids is 1. The zero-order valence-corrected chi connectivity index (χ0v) is 20.9. The predicted octanol–water partition coefficient (Wildman–Crippen LogP) is 6.74. The number of anilines is 1. The van der Waals surface area contributed by atoms with Gasteiger partial charge in [0.15, 0.2) is 0 Å². The standard InChI is InChI=1S/C27H25ClF5N3O2/c28-21-7-3-19(4-8-21)25(38-17-18-1-5-20(6-2-18)27(31,32)33)16-35-11-13-36(14-12-35)26(37)34-24-15-22(29)9-10-23(24)30/h1-10,15,25H,11-14,16-17H2,(H,34,37)/t25-/m1/s1. The van der Waals surface area contributed by atoms with E-state index in [1.807, 2.05) is 12.1 Å². The van der Waals surface area contributed by atoms with E-state index >= 15 is 0 Å². The summed E-state index contributed by atoms with van der Waals surface area (Å²) in [5.41, 5.74) is 0.501. The molecular formula is C27H25ClF5N3O2. The number of hydrogen-bond acceptors (Lipinski definition) is 3. The minimum Gasteiger partial charge on any atom is -0.368 e. The molecule has 4 rings (SSSR count). The molecular weight excluding hydrogens is 529 g/mol. The number of hydrogen-bond donors (Lipinski definition) is 1. The lowest BCUT2D eigenvalue weighted by molar-refractivity contribution is -0.137. The Morgan fingerprint density at radius 2 is 1.61 bits per heavy atom. The van der Waals surface area contributed by atoms with E-state index in [0.29, 0.717) is 43.3 Å². The van der Waals surface area contributed by atoms with Crippen LogP contribution in [0.25, 0.3) is 0 Å². The summed E-state index contributed by atoms with van der Waals surface area (Å²) in [6.45, 7) is 2.30. The maximum absolute atomic E-state index is 13.9. The Bertz CT molecular complexity index is 1230.